The average molecular weight is 337 g/mol. The number of hydrogen-bond donors (Lipinski definition) is 2. The molecule has 25 heavy (non-hydrogen) atoms. The minimum Gasteiger partial charge on any atom is -0.387 e. The van der Waals surface area contributed by atoms with Crippen LogP contribution in [0.1, 0.15) is 44.4 Å². The quantitative estimate of drug-likeness (QED) is 0.783. The molecule has 0 saturated carbocycles. The van der Waals surface area contributed by atoms with Gasteiger partial charge in [-0.3, -0.25) is 4.90 Å². The maximum atomic E-state index is 10.7. The SMILES string of the molecule is CCC(C(O)c1ccc(Nc2ccc(C#N)cc2)cc1)N(C)C(C)C. The van der Waals surface area contributed by atoms with Gasteiger partial charge in [-0.2, -0.15) is 5.26 Å². The number of hydrogen-bond acceptors (Lipinski definition) is 4. The molecule has 0 radical (unpaired) electrons. The fraction of sp³-hybridized carbons (Fsp3) is 0.381. The van der Waals surface area contributed by atoms with Gasteiger partial charge in [-0.25, -0.2) is 0 Å². The van der Waals surface area contributed by atoms with E-state index < -0.39 is 6.10 Å². The maximum Gasteiger partial charge on any atom is 0.0991 e. The molecule has 2 atom stereocenters. The summed E-state index contributed by atoms with van der Waals surface area (Å²) in [6.45, 7) is 6.38. The maximum absolute atomic E-state index is 10.7. The Bertz CT molecular complexity index is 701. The monoisotopic (exact) mass is 337 g/mol. The zero-order chi connectivity index (χ0) is 18.4. The van der Waals surface area contributed by atoms with Crippen LogP contribution in [0.3, 0.4) is 0 Å². The normalized spacial score (nSPS) is 13.5. The van der Waals surface area contributed by atoms with Gasteiger partial charge in [0.15, 0.2) is 0 Å². The van der Waals surface area contributed by atoms with E-state index in [9.17, 15) is 5.11 Å². The summed E-state index contributed by atoms with van der Waals surface area (Å²) in [7, 11) is 2.06. The summed E-state index contributed by atoms with van der Waals surface area (Å²) in [5.74, 6) is 0. The van der Waals surface area contributed by atoms with E-state index in [1.165, 1.54) is 0 Å². The number of benzene rings is 2. The summed E-state index contributed by atoms with van der Waals surface area (Å²) in [6.07, 6.45) is 0.377. The number of nitrogens with one attached hydrogen (secondary N) is 1. The lowest BCUT2D eigenvalue weighted by Gasteiger charge is -2.34. The minimum atomic E-state index is -0.513. The first-order chi connectivity index (χ1) is 12.0. The summed E-state index contributed by atoms with van der Waals surface area (Å²) in [4.78, 5) is 2.22. The second-order valence-electron chi connectivity index (χ2n) is 6.62. The van der Waals surface area contributed by atoms with Crippen LogP contribution < -0.4 is 5.32 Å². The Kier molecular flexibility index (Phi) is 6.58. The topological polar surface area (TPSA) is 59.3 Å². The van der Waals surface area contributed by atoms with E-state index in [2.05, 4.69) is 44.1 Å². The molecule has 132 valence electrons. The average Bonchev–Trinajstić information content (AvgIpc) is 2.63. The lowest BCUT2D eigenvalue weighted by Crippen LogP contribution is -2.40. The van der Waals surface area contributed by atoms with Crippen molar-refractivity contribution >= 4 is 11.4 Å². The van der Waals surface area contributed by atoms with Gasteiger partial charge in [0.25, 0.3) is 0 Å². The summed E-state index contributed by atoms with van der Waals surface area (Å²) in [5, 5.41) is 22.9. The van der Waals surface area contributed by atoms with Crippen molar-refractivity contribution in [1.82, 2.24) is 4.90 Å². The van der Waals surface area contributed by atoms with Crippen LogP contribution in [0.15, 0.2) is 48.5 Å². The van der Waals surface area contributed by atoms with Crippen LogP contribution in [0.4, 0.5) is 11.4 Å². The fourth-order valence-electron chi connectivity index (χ4n) is 2.90. The predicted molar refractivity (Wildman–Crippen MR) is 103 cm³/mol. The third-order valence-electron chi connectivity index (χ3n) is 4.68. The van der Waals surface area contributed by atoms with Crippen LogP contribution in [0.5, 0.6) is 0 Å². The van der Waals surface area contributed by atoms with Crippen LogP contribution in [0.25, 0.3) is 0 Å². The Hall–Kier alpha value is -2.35. The molecule has 2 rings (SSSR count). The lowest BCUT2D eigenvalue weighted by molar-refractivity contribution is 0.0448. The number of nitriles is 1. The van der Waals surface area contributed by atoms with Crippen molar-refractivity contribution in [3.8, 4) is 6.07 Å². The van der Waals surface area contributed by atoms with Crippen molar-refractivity contribution in [3.05, 3.63) is 59.7 Å². The molecule has 2 aromatic carbocycles. The summed E-state index contributed by atoms with van der Waals surface area (Å²) in [6, 6.07) is 17.8. The Morgan fingerprint density at radius 1 is 1.04 bits per heavy atom. The Morgan fingerprint density at radius 3 is 2.00 bits per heavy atom. The van der Waals surface area contributed by atoms with Gasteiger partial charge in [-0.15, -0.1) is 0 Å². The number of aliphatic hydroxyl groups excluding tert-OH is 1. The van der Waals surface area contributed by atoms with E-state index in [4.69, 9.17) is 5.26 Å². The van der Waals surface area contributed by atoms with Crippen LogP contribution in [0, 0.1) is 11.3 Å². The number of nitrogens with zero attached hydrogens (tertiary/aromatic N) is 2. The number of aliphatic hydroxyl groups is 1. The van der Waals surface area contributed by atoms with E-state index in [1.807, 2.05) is 36.4 Å². The summed E-state index contributed by atoms with van der Waals surface area (Å²) >= 11 is 0. The molecule has 2 unspecified atom stereocenters. The predicted octanol–water partition coefficient (Wildman–Crippen LogP) is 4.45. The highest BCUT2D eigenvalue weighted by Crippen LogP contribution is 2.26. The third kappa shape index (κ3) is 4.82. The fourth-order valence-corrected chi connectivity index (χ4v) is 2.90. The first-order valence-electron chi connectivity index (χ1n) is 8.73. The van der Waals surface area contributed by atoms with Crippen LogP contribution in [0.2, 0.25) is 0 Å². The van der Waals surface area contributed by atoms with E-state index in [0.29, 0.717) is 11.6 Å². The summed E-state index contributed by atoms with van der Waals surface area (Å²) < 4.78 is 0. The molecule has 0 aliphatic carbocycles. The molecule has 0 fully saturated rings. The van der Waals surface area contributed by atoms with Gasteiger partial charge in [0.05, 0.1) is 17.7 Å². The highest BCUT2D eigenvalue weighted by atomic mass is 16.3. The minimum absolute atomic E-state index is 0.0948. The van der Waals surface area contributed by atoms with Crippen molar-refractivity contribution in [2.75, 3.05) is 12.4 Å². The van der Waals surface area contributed by atoms with Crippen LogP contribution in [-0.2, 0) is 0 Å². The molecule has 0 aromatic heterocycles. The molecular formula is C21H27N3O. The van der Waals surface area contributed by atoms with Crippen LogP contribution in [-0.4, -0.2) is 29.1 Å². The lowest BCUT2D eigenvalue weighted by atomic mass is 9.98. The van der Waals surface area contributed by atoms with Gasteiger partial charge in [0, 0.05) is 23.5 Å². The summed E-state index contributed by atoms with van der Waals surface area (Å²) in [5.41, 5.74) is 3.44. The van der Waals surface area contributed by atoms with Gasteiger partial charge < -0.3 is 10.4 Å². The van der Waals surface area contributed by atoms with Crippen LogP contribution >= 0.6 is 0 Å². The van der Waals surface area contributed by atoms with E-state index >= 15 is 0 Å². The second kappa shape index (κ2) is 8.66. The molecule has 0 aliphatic heterocycles. The van der Waals surface area contributed by atoms with E-state index in [-0.39, 0.29) is 6.04 Å². The molecule has 4 heteroatoms. The molecule has 0 bridgehead atoms. The number of anilines is 2. The third-order valence-corrected chi connectivity index (χ3v) is 4.68. The zero-order valence-corrected chi connectivity index (χ0v) is 15.4. The van der Waals surface area contributed by atoms with Gasteiger partial charge >= 0.3 is 0 Å². The smallest absolute Gasteiger partial charge is 0.0991 e. The van der Waals surface area contributed by atoms with Gasteiger partial charge in [0.1, 0.15) is 0 Å². The number of likely N-dealkylation sites (N-methyl/N-ethyl adjacent to an activating group) is 1. The van der Waals surface area contributed by atoms with Crippen molar-refractivity contribution in [1.29, 1.82) is 5.26 Å². The molecule has 2 N–H and O–H groups in total. The van der Waals surface area contributed by atoms with Gasteiger partial charge in [-0.1, -0.05) is 19.1 Å². The molecule has 4 nitrogen and oxygen atoms in total. The molecule has 0 heterocycles. The zero-order valence-electron chi connectivity index (χ0n) is 15.4. The van der Waals surface area contributed by atoms with E-state index in [1.54, 1.807) is 12.1 Å². The van der Waals surface area contributed by atoms with Gasteiger partial charge in [0.2, 0.25) is 0 Å². The molecule has 0 saturated heterocycles. The highest BCUT2D eigenvalue weighted by Gasteiger charge is 2.24. The molecule has 0 amide bonds. The molecule has 0 spiro atoms. The Labute approximate surface area is 150 Å². The van der Waals surface area contributed by atoms with Crippen molar-refractivity contribution in [2.24, 2.45) is 0 Å². The van der Waals surface area contributed by atoms with Crippen molar-refractivity contribution in [3.63, 3.8) is 0 Å². The van der Waals surface area contributed by atoms with Crippen molar-refractivity contribution < 1.29 is 5.11 Å². The first-order valence-corrected chi connectivity index (χ1v) is 8.73. The largest absolute Gasteiger partial charge is 0.387 e. The molecule has 2 aromatic rings. The Morgan fingerprint density at radius 2 is 1.56 bits per heavy atom. The highest BCUT2D eigenvalue weighted by molar-refractivity contribution is 5.60. The molecule has 0 aliphatic rings. The standard InChI is InChI=1S/C21H27N3O/c1-5-20(24(4)15(2)3)21(25)17-8-12-19(13-9-17)23-18-10-6-16(14-22)7-11-18/h6-13,15,20-21,23,25H,5H2,1-4H3. The number of rotatable bonds is 7. The van der Waals surface area contributed by atoms with Crippen molar-refractivity contribution in [2.45, 2.75) is 45.4 Å². The van der Waals surface area contributed by atoms with E-state index in [0.717, 1.165) is 23.4 Å². The first kappa shape index (κ1) is 19.0. The molecular weight excluding hydrogens is 310 g/mol. The van der Waals surface area contributed by atoms with Gasteiger partial charge in [-0.05, 0) is 69.3 Å². The Balaban J connectivity index is 2.08. The second-order valence-corrected chi connectivity index (χ2v) is 6.62.